The topological polar surface area (TPSA) is 16.1 Å². The molecule has 2 atom stereocenters. The Bertz CT molecular complexity index is 337. The molecular weight excluding hydrogens is 191 g/mol. The van der Waals surface area contributed by atoms with E-state index in [9.17, 15) is 4.39 Å². The van der Waals surface area contributed by atoms with Crippen LogP contribution in [0.15, 0.2) is 18.3 Å². The van der Waals surface area contributed by atoms with Gasteiger partial charge in [0.25, 0.3) is 0 Å². The summed E-state index contributed by atoms with van der Waals surface area (Å²) in [7, 11) is 0. The summed E-state index contributed by atoms with van der Waals surface area (Å²) in [6.07, 6.45) is 5.42. The van der Waals surface area contributed by atoms with Crippen LogP contribution in [0.25, 0.3) is 0 Å². The summed E-state index contributed by atoms with van der Waals surface area (Å²) in [5, 5.41) is 0. The molecule has 1 aliphatic carbocycles. The molecule has 0 radical (unpaired) electrons. The lowest BCUT2D eigenvalue weighted by Gasteiger charge is -2.17. The largest absolute Gasteiger partial charge is 0.356 e. The molecule has 2 nitrogen and oxygen atoms in total. The summed E-state index contributed by atoms with van der Waals surface area (Å²) < 4.78 is 12.7. The molecule has 3 rings (SSSR count). The lowest BCUT2D eigenvalue weighted by Crippen LogP contribution is -2.21. The van der Waals surface area contributed by atoms with Gasteiger partial charge in [0.15, 0.2) is 0 Å². The molecule has 0 amide bonds. The first-order valence-electron chi connectivity index (χ1n) is 5.69. The van der Waals surface area contributed by atoms with E-state index in [0.717, 1.165) is 30.7 Å². The Labute approximate surface area is 89.1 Å². The van der Waals surface area contributed by atoms with E-state index in [0.29, 0.717) is 0 Å². The van der Waals surface area contributed by atoms with Gasteiger partial charge < -0.3 is 4.90 Å². The van der Waals surface area contributed by atoms with E-state index in [-0.39, 0.29) is 5.82 Å². The summed E-state index contributed by atoms with van der Waals surface area (Å²) in [5.74, 6) is 2.40. The second-order valence-corrected chi connectivity index (χ2v) is 4.69. The van der Waals surface area contributed by atoms with Gasteiger partial charge in [-0.2, -0.15) is 0 Å². The molecule has 0 aromatic carbocycles. The van der Waals surface area contributed by atoms with Crippen LogP contribution in [0.1, 0.15) is 19.3 Å². The van der Waals surface area contributed by atoms with Gasteiger partial charge in [0.1, 0.15) is 11.6 Å². The maximum atomic E-state index is 12.7. The molecule has 0 bridgehead atoms. The molecule has 1 aromatic heterocycles. The van der Waals surface area contributed by atoms with E-state index in [1.54, 1.807) is 6.07 Å². The highest BCUT2D eigenvalue weighted by molar-refractivity contribution is 5.39. The van der Waals surface area contributed by atoms with Crippen molar-refractivity contribution in [2.24, 2.45) is 11.8 Å². The minimum absolute atomic E-state index is 0.252. The van der Waals surface area contributed by atoms with Crippen LogP contribution in [0.4, 0.5) is 10.2 Å². The van der Waals surface area contributed by atoms with Gasteiger partial charge in [0, 0.05) is 13.1 Å². The van der Waals surface area contributed by atoms with Gasteiger partial charge >= 0.3 is 0 Å². The average molecular weight is 206 g/mol. The predicted octanol–water partition coefficient (Wildman–Crippen LogP) is 2.46. The molecule has 15 heavy (non-hydrogen) atoms. The number of fused-ring (bicyclic) bond motifs is 1. The standard InChI is InChI=1S/C12H15FN2/c13-11-4-5-12(14-6-11)15-7-9-2-1-3-10(9)8-15/h4-6,9-10H,1-3,7-8H2. The lowest BCUT2D eigenvalue weighted by molar-refractivity contribution is 0.494. The van der Waals surface area contributed by atoms with Gasteiger partial charge in [-0.25, -0.2) is 9.37 Å². The zero-order chi connectivity index (χ0) is 10.3. The van der Waals surface area contributed by atoms with Crippen molar-refractivity contribution < 1.29 is 4.39 Å². The molecular formula is C12H15FN2. The molecule has 1 saturated heterocycles. The number of aromatic nitrogens is 1. The molecule has 1 aliphatic heterocycles. The first-order valence-corrected chi connectivity index (χ1v) is 5.69. The van der Waals surface area contributed by atoms with Crippen molar-refractivity contribution in [2.75, 3.05) is 18.0 Å². The van der Waals surface area contributed by atoms with E-state index in [1.807, 2.05) is 0 Å². The minimum Gasteiger partial charge on any atom is -0.356 e. The molecule has 2 heterocycles. The highest BCUT2D eigenvalue weighted by Gasteiger charge is 2.36. The number of halogens is 1. The molecule has 3 heteroatoms. The van der Waals surface area contributed by atoms with Crippen molar-refractivity contribution >= 4 is 5.82 Å². The second kappa shape index (κ2) is 3.47. The van der Waals surface area contributed by atoms with E-state index in [2.05, 4.69) is 9.88 Å². The van der Waals surface area contributed by atoms with Gasteiger partial charge in [0.05, 0.1) is 6.20 Å². The molecule has 2 unspecified atom stereocenters. The third-order valence-corrected chi connectivity index (χ3v) is 3.76. The van der Waals surface area contributed by atoms with Crippen LogP contribution in [-0.2, 0) is 0 Å². The van der Waals surface area contributed by atoms with Gasteiger partial charge in [-0.05, 0) is 36.8 Å². The highest BCUT2D eigenvalue weighted by Crippen LogP contribution is 2.38. The average Bonchev–Trinajstić information content (AvgIpc) is 2.78. The number of hydrogen-bond donors (Lipinski definition) is 0. The molecule has 1 aromatic rings. The first kappa shape index (κ1) is 9.13. The van der Waals surface area contributed by atoms with Crippen LogP contribution in [0.2, 0.25) is 0 Å². The molecule has 2 aliphatic rings. The summed E-state index contributed by atoms with van der Waals surface area (Å²) >= 11 is 0. The SMILES string of the molecule is Fc1ccc(N2CC3CCCC3C2)nc1. The number of nitrogens with zero attached hydrogens (tertiary/aromatic N) is 2. The highest BCUT2D eigenvalue weighted by atomic mass is 19.1. The number of pyridine rings is 1. The van der Waals surface area contributed by atoms with E-state index in [4.69, 9.17) is 0 Å². The molecule has 2 fully saturated rings. The van der Waals surface area contributed by atoms with Crippen molar-refractivity contribution in [1.29, 1.82) is 0 Å². The Hall–Kier alpha value is -1.12. The third-order valence-electron chi connectivity index (χ3n) is 3.76. The fourth-order valence-electron chi connectivity index (χ4n) is 2.98. The maximum Gasteiger partial charge on any atom is 0.141 e. The van der Waals surface area contributed by atoms with Gasteiger partial charge in [-0.1, -0.05) is 6.42 Å². The summed E-state index contributed by atoms with van der Waals surface area (Å²) in [4.78, 5) is 6.44. The Kier molecular flexibility index (Phi) is 2.11. The van der Waals surface area contributed by atoms with Crippen LogP contribution in [0.3, 0.4) is 0 Å². The fraction of sp³-hybridized carbons (Fsp3) is 0.583. The van der Waals surface area contributed by atoms with Crippen LogP contribution >= 0.6 is 0 Å². The summed E-state index contributed by atoms with van der Waals surface area (Å²) in [5.41, 5.74) is 0. The Morgan fingerprint density at radius 2 is 1.93 bits per heavy atom. The molecule has 0 N–H and O–H groups in total. The molecule has 0 spiro atoms. The van der Waals surface area contributed by atoms with Crippen molar-refractivity contribution in [1.82, 2.24) is 4.98 Å². The smallest absolute Gasteiger partial charge is 0.141 e. The number of hydrogen-bond acceptors (Lipinski definition) is 2. The second-order valence-electron chi connectivity index (χ2n) is 4.69. The van der Waals surface area contributed by atoms with Crippen LogP contribution in [-0.4, -0.2) is 18.1 Å². The summed E-state index contributed by atoms with van der Waals surface area (Å²) in [6, 6.07) is 3.28. The van der Waals surface area contributed by atoms with Gasteiger partial charge in [-0.3, -0.25) is 0 Å². The summed E-state index contributed by atoms with van der Waals surface area (Å²) in [6.45, 7) is 2.23. The quantitative estimate of drug-likeness (QED) is 0.701. The lowest BCUT2D eigenvalue weighted by atomic mass is 10.0. The Balaban J connectivity index is 1.76. The Morgan fingerprint density at radius 3 is 2.53 bits per heavy atom. The van der Waals surface area contributed by atoms with Crippen LogP contribution < -0.4 is 4.90 Å². The zero-order valence-corrected chi connectivity index (χ0v) is 8.69. The Morgan fingerprint density at radius 1 is 1.20 bits per heavy atom. The van der Waals surface area contributed by atoms with Gasteiger partial charge in [-0.15, -0.1) is 0 Å². The number of rotatable bonds is 1. The van der Waals surface area contributed by atoms with Crippen molar-refractivity contribution in [3.05, 3.63) is 24.1 Å². The number of anilines is 1. The van der Waals surface area contributed by atoms with Crippen molar-refractivity contribution in [3.63, 3.8) is 0 Å². The molecule has 80 valence electrons. The van der Waals surface area contributed by atoms with E-state index >= 15 is 0 Å². The van der Waals surface area contributed by atoms with Gasteiger partial charge in [0.2, 0.25) is 0 Å². The third kappa shape index (κ3) is 1.60. The minimum atomic E-state index is -0.252. The zero-order valence-electron chi connectivity index (χ0n) is 8.69. The normalized spacial score (nSPS) is 29.5. The van der Waals surface area contributed by atoms with Crippen LogP contribution in [0, 0.1) is 17.7 Å². The predicted molar refractivity (Wildman–Crippen MR) is 57.2 cm³/mol. The molecule has 1 saturated carbocycles. The first-order chi connectivity index (χ1) is 7.33. The van der Waals surface area contributed by atoms with E-state index < -0.39 is 0 Å². The van der Waals surface area contributed by atoms with Crippen LogP contribution in [0.5, 0.6) is 0 Å². The fourth-order valence-corrected chi connectivity index (χ4v) is 2.98. The van der Waals surface area contributed by atoms with E-state index in [1.165, 1.54) is 31.5 Å². The van der Waals surface area contributed by atoms with Crippen molar-refractivity contribution in [3.8, 4) is 0 Å². The maximum absolute atomic E-state index is 12.7. The monoisotopic (exact) mass is 206 g/mol. The van der Waals surface area contributed by atoms with Crippen molar-refractivity contribution in [2.45, 2.75) is 19.3 Å².